The van der Waals surface area contributed by atoms with E-state index in [0.717, 1.165) is 11.8 Å². The Morgan fingerprint density at radius 3 is 2.32 bits per heavy atom. The summed E-state index contributed by atoms with van der Waals surface area (Å²) < 4.78 is 32.8. The number of ether oxygens (including phenoxy) is 1. The van der Waals surface area contributed by atoms with Crippen molar-refractivity contribution in [1.82, 2.24) is 4.31 Å². The van der Waals surface area contributed by atoms with Crippen molar-refractivity contribution >= 4 is 16.3 Å². The lowest BCUT2D eigenvalue weighted by Gasteiger charge is -2.31. The van der Waals surface area contributed by atoms with Gasteiger partial charge >= 0.3 is 0 Å². The molecule has 1 saturated heterocycles. The van der Waals surface area contributed by atoms with Crippen LogP contribution in [0.15, 0.2) is 53.4 Å². The quantitative estimate of drug-likeness (QED) is 0.770. The van der Waals surface area contributed by atoms with E-state index in [0.29, 0.717) is 42.1 Å². The lowest BCUT2D eigenvalue weighted by atomic mass is 10.1. The minimum absolute atomic E-state index is 0.0921. The summed E-state index contributed by atoms with van der Waals surface area (Å²) in [6.45, 7) is 2.74. The van der Waals surface area contributed by atoms with Gasteiger partial charge in [-0.3, -0.25) is 4.79 Å². The summed E-state index contributed by atoms with van der Waals surface area (Å²) in [5, 5.41) is 0. The van der Waals surface area contributed by atoms with Crippen LogP contribution in [0.25, 0.3) is 0 Å². The number of hydrogen-bond acceptors (Lipinski definition) is 4. The molecule has 0 aromatic heterocycles. The van der Waals surface area contributed by atoms with Gasteiger partial charge in [0.25, 0.3) is 0 Å². The van der Waals surface area contributed by atoms with Gasteiger partial charge in [0.15, 0.2) is 6.29 Å². The average molecular weight is 359 g/mol. The zero-order valence-electron chi connectivity index (χ0n) is 14.1. The number of carbonyl (C=O) groups excluding carboxylic acids is 1. The third-order valence-corrected chi connectivity index (χ3v) is 6.31. The van der Waals surface area contributed by atoms with Crippen LogP contribution in [0, 0.1) is 6.92 Å². The Bertz CT molecular complexity index is 838. The first-order valence-electron chi connectivity index (χ1n) is 8.28. The molecule has 0 aliphatic carbocycles. The number of benzene rings is 2. The van der Waals surface area contributed by atoms with E-state index in [2.05, 4.69) is 0 Å². The van der Waals surface area contributed by atoms with Crippen LogP contribution >= 0.6 is 0 Å². The van der Waals surface area contributed by atoms with E-state index in [1.54, 1.807) is 42.5 Å². The second kappa shape index (κ2) is 7.37. The SMILES string of the molecule is Cc1ccc(S(=O)(=O)N2CCC(Oc3ccccc3C=O)CC2)cc1. The number of sulfonamides is 1. The molecule has 0 radical (unpaired) electrons. The standard InChI is InChI=1S/C19H21NO4S/c1-15-6-8-18(9-7-15)25(22,23)20-12-10-17(11-13-20)24-19-5-3-2-4-16(19)14-21/h2-9,14,17H,10-13H2,1H3. The third kappa shape index (κ3) is 3.91. The Kier molecular flexibility index (Phi) is 5.20. The van der Waals surface area contributed by atoms with Gasteiger partial charge in [0, 0.05) is 13.1 Å². The lowest BCUT2D eigenvalue weighted by molar-refractivity contribution is 0.110. The van der Waals surface area contributed by atoms with Crippen molar-refractivity contribution < 1.29 is 17.9 Å². The van der Waals surface area contributed by atoms with Gasteiger partial charge in [0.1, 0.15) is 11.9 Å². The van der Waals surface area contributed by atoms with Crippen molar-refractivity contribution in [2.75, 3.05) is 13.1 Å². The fourth-order valence-corrected chi connectivity index (χ4v) is 4.38. The largest absolute Gasteiger partial charge is 0.490 e. The Hall–Kier alpha value is -2.18. The highest BCUT2D eigenvalue weighted by molar-refractivity contribution is 7.89. The molecule has 2 aromatic rings. The van der Waals surface area contributed by atoms with Gasteiger partial charge in [-0.2, -0.15) is 4.31 Å². The normalized spacial score (nSPS) is 16.5. The molecule has 0 N–H and O–H groups in total. The highest BCUT2D eigenvalue weighted by Gasteiger charge is 2.30. The molecule has 0 saturated carbocycles. The monoisotopic (exact) mass is 359 g/mol. The van der Waals surface area contributed by atoms with E-state index in [1.807, 2.05) is 13.0 Å². The van der Waals surface area contributed by atoms with Crippen LogP contribution in [-0.2, 0) is 10.0 Å². The number of carbonyl (C=O) groups is 1. The van der Waals surface area contributed by atoms with Crippen molar-refractivity contribution in [3.8, 4) is 5.75 Å². The summed E-state index contributed by atoms with van der Waals surface area (Å²) >= 11 is 0. The van der Waals surface area contributed by atoms with Crippen LogP contribution in [0.4, 0.5) is 0 Å². The predicted octanol–water partition coefficient (Wildman–Crippen LogP) is 3.04. The van der Waals surface area contributed by atoms with Crippen molar-refractivity contribution in [3.63, 3.8) is 0 Å². The summed E-state index contributed by atoms with van der Waals surface area (Å²) in [5.74, 6) is 0.553. The van der Waals surface area contributed by atoms with E-state index in [4.69, 9.17) is 4.74 Å². The molecular weight excluding hydrogens is 338 g/mol. The number of aldehydes is 1. The molecule has 132 valence electrons. The van der Waals surface area contributed by atoms with Gasteiger partial charge < -0.3 is 4.74 Å². The number of aryl methyl sites for hydroxylation is 1. The summed E-state index contributed by atoms with van der Waals surface area (Å²) in [7, 11) is -3.47. The number of hydrogen-bond donors (Lipinski definition) is 0. The van der Waals surface area contributed by atoms with Gasteiger partial charge in [-0.1, -0.05) is 29.8 Å². The van der Waals surface area contributed by atoms with Gasteiger partial charge in [-0.25, -0.2) is 8.42 Å². The maximum atomic E-state index is 12.7. The zero-order valence-corrected chi connectivity index (χ0v) is 14.9. The fraction of sp³-hybridized carbons (Fsp3) is 0.316. The van der Waals surface area contributed by atoms with Crippen molar-refractivity contribution in [2.24, 2.45) is 0 Å². The van der Waals surface area contributed by atoms with Crippen molar-refractivity contribution in [3.05, 3.63) is 59.7 Å². The molecule has 0 spiro atoms. The molecule has 5 nitrogen and oxygen atoms in total. The topological polar surface area (TPSA) is 63.7 Å². The number of para-hydroxylation sites is 1. The summed E-state index contributed by atoms with van der Waals surface area (Å²) in [6, 6.07) is 14.0. The number of piperidine rings is 1. The molecule has 0 bridgehead atoms. The fourth-order valence-electron chi connectivity index (χ4n) is 2.91. The number of nitrogens with zero attached hydrogens (tertiary/aromatic N) is 1. The Morgan fingerprint density at radius 1 is 1.04 bits per heavy atom. The number of rotatable bonds is 5. The van der Waals surface area contributed by atoms with Crippen LogP contribution in [0.1, 0.15) is 28.8 Å². The van der Waals surface area contributed by atoms with Crippen LogP contribution in [0.3, 0.4) is 0 Å². The second-order valence-electron chi connectivity index (χ2n) is 6.19. The molecule has 2 aromatic carbocycles. The van der Waals surface area contributed by atoms with Gasteiger partial charge in [-0.05, 0) is 44.0 Å². The maximum Gasteiger partial charge on any atom is 0.243 e. The molecule has 3 rings (SSSR count). The molecule has 1 fully saturated rings. The Morgan fingerprint density at radius 2 is 1.68 bits per heavy atom. The molecule has 1 aliphatic rings. The summed E-state index contributed by atoms with van der Waals surface area (Å²) in [4.78, 5) is 11.4. The first kappa shape index (κ1) is 17.6. The maximum absolute atomic E-state index is 12.7. The zero-order chi connectivity index (χ0) is 17.9. The second-order valence-corrected chi connectivity index (χ2v) is 8.13. The molecule has 25 heavy (non-hydrogen) atoms. The highest BCUT2D eigenvalue weighted by atomic mass is 32.2. The van der Waals surface area contributed by atoms with Crippen molar-refractivity contribution in [2.45, 2.75) is 30.8 Å². The minimum Gasteiger partial charge on any atom is -0.490 e. The van der Waals surface area contributed by atoms with E-state index in [9.17, 15) is 13.2 Å². The van der Waals surface area contributed by atoms with E-state index in [1.165, 1.54) is 4.31 Å². The van der Waals surface area contributed by atoms with E-state index < -0.39 is 10.0 Å². The highest BCUT2D eigenvalue weighted by Crippen LogP contribution is 2.25. The molecule has 0 unspecified atom stereocenters. The Balaban J connectivity index is 1.65. The molecule has 1 heterocycles. The predicted molar refractivity (Wildman–Crippen MR) is 95.4 cm³/mol. The molecular formula is C19H21NO4S. The van der Waals surface area contributed by atoms with Gasteiger partial charge in [-0.15, -0.1) is 0 Å². The first-order chi connectivity index (χ1) is 12.0. The minimum atomic E-state index is -3.47. The molecule has 0 atom stereocenters. The summed E-state index contributed by atoms with van der Waals surface area (Å²) in [5.41, 5.74) is 1.54. The first-order valence-corrected chi connectivity index (χ1v) is 9.72. The molecule has 1 aliphatic heterocycles. The van der Waals surface area contributed by atoms with E-state index in [-0.39, 0.29) is 6.10 Å². The third-order valence-electron chi connectivity index (χ3n) is 4.40. The van der Waals surface area contributed by atoms with E-state index >= 15 is 0 Å². The van der Waals surface area contributed by atoms with Crippen LogP contribution in [0.2, 0.25) is 0 Å². The van der Waals surface area contributed by atoms with Crippen LogP contribution < -0.4 is 4.74 Å². The van der Waals surface area contributed by atoms with Crippen LogP contribution in [-0.4, -0.2) is 38.2 Å². The molecule has 6 heteroatoms. The van der Waals surface area contributed by atoms with Gasteiger partial charge in [0.05, 0.1) is 10.5 Å². The van der Waals surface area contributed by atoms with Gasteiger partial charge in [0.2, 0.25) is 10.0 Å². The van der Waals surface area contributed by atoms with Crippen molar-refractivity contribution in [1.29, 1.82) is 0 Å². The molecule has 0 amide bonds. The lowest BCUT2D eigenvalue weighted by Crippen LogP contribution is -2.41. The smallest absolute Gasteiger partial charge is 0.243 e. The summed E-state index contributed by atoms with van der Waals surface area (Å²) in [6.07, 6.45) is 1.87. The van der Waals surface area contributed by atoms with Crippen LogP contribution in [0.5, 0.6) is 5.75 Å². The Labute approximate surface area is 148 Å². The average Bonchev–Trinajstić information content (AvgIpc) is 2.63.